The van der Waals surface area contributed by atoms with Gasteiger partial charge in [-0.1, -0.05) is 35.5 Å². The van der Waals surface area contributed by atoms with Gasteiger partial charge in [0.15, 0.2) is 0 Å². The molecule has 0 atom stereocenters. The molecule has 31 heavy (non-hydrogen) atoms. The molecule has 1 saturated heterocycles. The predicted octanol–water partition coefficient (Wildman–Crippen LogP) is 3.89. The largest absolute Gasteiger partial charge is 0.361 e. The Bertz CT molecular complexity index is 1130. The van der Waals surface area contributed by atoms with Crippen molar-refractivity contribution in [1.29, 1.82) is 0 Å². The summed E-state index contributed by atoms with van der Waals surface area (Å²) in [5.74, 6) is 0.489. The number of carbonyl (C=O) groups excluding carboxylic acids is 1. The maximum atomic E-state index is 12.9. The zero-order valence-electron chi connectivity index (χ0n) is 17.4. The van der Waals surface area contributed by atoms with Crippen LogP contribution in [0.4, 0.5) is 0 Å². The molecule has 3 heterocycles. The molecule has 4 rings (SSSR count). The van der Waals surface area contributed by atoms with Crippen LogP contribution in [0.5, 0.6) is 0 Å². The van der Waals surface area contributed by atoms with Gasteiger partial charge in [-0.15, -0.1) is 11.3 Å². The Balaban J connectivity index is 1.36. The Labute approximate surface area is 186 Å². The molecule has 164 valence electrons. The summed E-state index contributed by atoms with van der Waals surface area (Å²) in [6.07, 6.45) is 3.05. The molecule has 1 fully saturated rings. The molecule has 0 aliphatic carbocycles. The lowest BCUT2D eigenvalue weighted by Crippen LogP contribution is -2.32. The summed E-state index contributed by atoms with van der Waals surface area (Å²) >= 11 is 1.18. The Hall–Kier alpha value is -2.49. The Kier molecular flexibility index (Phi) is 6.54. The van der Waals surface area contributed by atoms with E-state index < -0.39 is 10.0 Å². The van der Waals surface area contributed by atoms with Gasteiger partial charge in [0.2, 0.25) is 10.0 Å². The standard InChI is InChI=1S/C22H25N3O4S2/c1-24(12-7-10-18-16-19(23-29-18)17-8-3-2-4-9-17)22(26)21-20(11-15-30-21)31(27,28)25-13-5-6-14-25/h2-4,8-9,11,15-16H,5-7,10,12-14H2,1H3. The van der Waals surface area contributed by atoms with Crippen LogP contribution in [0.15, 0.2) is 57.3 Å². The number of thiophene rings is 1. The highest BCUT2D eigenvalue weighted by atomic mass is 32.2. The Morgan fingerprint density at radius 3 is 2.68 bits per heavy atom. The third-order valence-corrected chi connectivity index (χ3v) is 8.37. The lowest BCUT2D eigenvalue weighted by atomic mass is 10.1. The molecular weight excluding hydrogens is 434 g/mol. The number of nitrogens with zero attached hydrogens (tertiary/aromatic N) is 3. The molecule has 1 amide bonds. The van der Waals surface area contributed by atoms with Gasteiger partial charge in [0.25, 0.3) is 5.91 Å². The smallest absolute Gasteiger partial charge is 0.265 e. The van der Waals surface area contributed by atoms with Crippen molar-refractivity contribution in [3.63, 3.8) is 0 Å². The molecule has 0 saturated carbocycles. The minimum Gasteiger partial charge on any atom is -0.361 e. The van der Waals surface area contributed by atoms with E-state index in [2.05, 4.69) is 5.16 Å². The molecule has 7 nitrogen and oxygen atoms in total. The SMILES string of the molecule is CN(CCCc1cc(-c2ccccc2)no1)C(=O)c1sccc1S(=O)(=O)N1CCCC1. The van der Waals surface area contributed by atoms with E-state index in [1.807, 2.05) is 36.4 Å². The van der Waals surface area contributed by atoms with Gasteiger partial charge in [-0.05, 0) is 30.7 Å². The van der Waals surface area contributed by atoms with E-state index in [1.54, 1.807) is 23.4 Å². The molecule has 0 unspecified atom stereocenters. The van der Waals surface area contributed by atoms with Crippen molar-refractivity contribution < 1.29 is 17.7 Å². The quantitative estimate of drug-likeness (QED) is 0.510. The Morgan fingerprint density at radius 1 is 1.19 bits per heavy atom. The number of carbonyl (C=O) groups is 1. The van der Waals surface area contributed by atoms with Gasteiger partial charge >= 0.3 is 0 Å². The number of hydrogen-bond acceptors (Lipinski definition) is 6. The van der Waals surface area contributed by atoms with Crippen molar-refractivity contribution in [1.82, 2.24) is 14.4 Å². The maximum absolute atomic E-state index is 12.9. The van der Waals surface area contributed by atoms with E-state index in [1.165, 1.54) is 15.6 Å². The summed E-state index contributed by atoms with van der Waals surface area (Å²) in [5, 5.41) is 5.78. The first kappa shape index (κ1) is 21.7. The van der Waals surface area contributed by atoms with Crippen LogP contribution < -0.4 is 0 Å². The molecule has 3 aromatic rings. The number of amides is 1. The first-order valence-electron chi connectivity index (χ1n) is 10.3. The zero-order valence-corrected chi connectivity index (χ0v) is 19.0. The molecule has 9 heteroatoms. The van der Waals surface area contributed by atoms with E-state index in [0.717, 1.165) is 29.9 Å². The lowest BCUT2D eigenvalue weighted by molar-refractivity contribution is 0.0794. The molecule has 1 aliphatic rings. The van der Waals surface area contributed by atoms with Crippen molar-refractivity contribution in [2.45, 2.75) is 30.6 Å². The van der Waals surface area contributed by atoms with Crippen LogP contribution in [-0.2, 0) is 16.4 Å². The van der Waals surface area contributed by atoms with Crippen LogP contribution in [0.2, 0.25) is 0 Å². The summed E-state index contributed by atoms with van der Waals surface area (Å²) in [5.41, 5.74) is 1.78. The molecule has 2 aromatic heterocycles. The average molecular weight is 460 g/mol. The Morgan fingerprint density at radius 2 is 1.94 bits per heavy atom. The van der Waals surface area contributed by atoms with Gasteiger partial charge < -0.3 is 9.42 Å². The fourth-order valence-electron chi connectivity index (χ4n) is 3.67. The summed E-state index contributed by atoms with van der Waals surface area (Å²) in [6.45, 7) is 1.52. The van der Waals surface area contributed by atoms with E-state index in [4.69, 9.17) is 4.52 Å². The second-order valence-electron chi connectivity index (χ2n) is 7.60. The number of aromatic nitrogens is 1. The van der Waals surface area contributed by atoms with Gasteiger partial charge in [0.1, 0.15) is 21.2 Å². The van der Waals surface area contributed by atoms with Gasteiger partial charge in [-0.3, -0.25) is 4.79 Å². The van der Waals surface area contributed by atoms with Gasteiger partial charge in [0.05, 0.1) is 0 Å². The second-order valence-corrected chi connectivity index (χ2v) is 10.4. The topological polar surface area (TPSA) is 83.7 Å². The van der Waals surface area contributed by atoms with E-state index in [-0.39, 0.29) is 15.7 Å². The third-order valence-electron chi connectivity index (χ3n) is 5.40. The maximum Gasteiger partial charge on any atom is 0.265 e. The van der Waals surface area contributed by atoms with Crippen LogP contribution in [0.3, 0.4) is 0 Å². The average Bonchev–Trinajstić information content (AvgIpc) is 3.55. The van der Waals surface area contributed by atoms with Crippen LogP contribution in [0.25, 0.3) is 11.3 Å². The molecule has 1 aromatic carbocycles. The minimum atomic E-state index is -3.62. The highest BCUT2D eigenvalue weighted by Gasteiger charge is 2.32. The molecule has 1 aliphatic heterocycles. The fraction of sp³-hybridized carbons (Fsp3) is 0.364. The minimum absolute atomic E-state index is 0.124. The summed E-state index contributed by atoms with van der Waals surface area (Å²) < 4.78 is 32.7. The van der Waals surface area contributed by atoms with Crippen molar-refractivity contribution in [3.8, 4) is 11.3 Å². The van der Waals surface area contributed by atoms with Crippen molar-refractivity contribution in [2.75, 3.05) is 26.7 Å². The molecule has 0 radical (unpaired) electrons. The first-order chi connectivity index (χ1) is 15.0. The normalized spacial score (nSPS) is 14.7. The lowest BCUT2D eigenvalue weighted by Gasteiger charge is -2.19. The van der Waals surface area contributed by atoms with Crippen LogP contribution in [0, 0.1) is 0 Å². The number of aryl methyl sites for hydroxylation is 1. The van der Waals surface area contributed by atoms with Gasteiger partial charge in [-0.2, -0.15) is 4.31 Å². The number of rotatable bonds is 8. The first-order valence-corrected chi connectivity index (χ1v) is 12.6. The number of sulfonamides is 1. The highest BCUT2D eigenvalue weighted by Crippen LogP contribution is 2.28. The fourth-order valence-corrected chi connectivity index (χ4v) is 6.57. The van der Waals surface area contributed by atoms with Crippen LogP contribution in [0.1, 0.15) is 34.7 Å². The summed E-state index contributed by atoms with van der Waals surface area (Å²) in [4.78, 5) is 14.9. The van der Waals surface area contributed by atoms with E-state index >= 15 is 0 Å². The van der Waals surface area contributed by atoms with Crippen molar-refractivity contribution in [2.24, 2.45) is 0 Å². The van der Waals surface area contributed by atoms with Crippen molar-refractivity contribution in [3.05, 3.63) is 58.5 Å². The van der Waals surface area contributed by atoms with Crippen LogP contribution in [-0.4, -0.2) is 55.4 Å². The molecule has 0 N–H and O–H groups in total. The molecule has 0 bridgehead atoms. The summed E-state index contributed by atoms with van der Waals surface area (Å²) in [6, 6.07) is 13.3. The van der Waals surface area contributed by atoms with Crippen LogP contribution >= 0.6 is 11.3 Å². The predicted molar refractivity (Wildman–Crippen MR) is 120 cm³/mol. The summed E-state index contributed by atoms with van der Waals surface area (Å²) in [7, 11) is -1.92. The third kappa shape index (κ3) is 4.73. The molecular formula is C22H25N3O4S2. The molecule has 0 spiro atoms. The van der Waals surface area contributed by atoms with Gasteiger partial charge in [-0.25, -0.2) is 8.42 Å². The van der Waals surface area contributed by atoms with E-state index in [0.29, 0.717) is 32.5 Å². The number of hydrogen-bond donors (Lipinski definition) is 0. The number of benzene rings is 1. The highest BCUT2D eigenvalue weighted by molar-refractivity contribution is 7.89. The van der Waals surface area contributed by atoms with Gasteiger partial charge in [0, 0.05) is 44.7 Å². The second kappa shape index (κ2) is 9.33. The monoisotopic (exact) mass is 459 g/mol. The van der Waals surface area contributed by atoms with E-state index in [9.17, 15) is 13.2 Å². The van der Waals surface area contributed by atoms with Crippen molar-refractivity contribution >= 4 is 27.3 Å². The zero-order chi connectivity index (χ0) is 21.8.